The van der Waals surface area contributed by atoms with Crippen molar-refractivity contribution < 1.29 is 9.90 Å². The van der Waals surface area contributed by atoms with Crippen LogP contribution in [0.4, 0.5) is 0 Å². The van der Waals surface area contributed by atoms with Crippen molar-refractivity contribution in [2.24, 2.45) is 0 Å². The molecule has 0 radical (unpaired) electrons. The predicted molar refractivity (Wildman–Crippen MR) is 45.0 cm³/mol. The van der Waals surface area contributed by atoms with Crippen LogP contribution in [-0.2, 0) is 0 Å². The van der Waals surface area contributed by atoms with E-state index in [1.54, 1.807) is 24.4 Å². The number of hydrogen-bond donors (Lipinski definition) is 2. The first-order chi connectivity index (χ1) is 6.20. The standard InChI is InChI=1S/C8H6N2O3/c11-7-6(8(12)13)5-3-1-2-4-10(5)9-7/h1-4H,(H,9,11)(H,12,13). The normalized spacial score (nSPS) is 10.5. The molecule has 2 N–H and O–H groups in total. The number of carboxylic acid groups (broad SMARTS) is 1. The van der Waals surface area contributed by atoms with Gasteiger partial charge in [-0.2, -0.15) is 0 Å². The lowest BCUT2D eigenvalue weighted by Gasteiger charge is -1.91. The van der Waals surface area contributed by atoms with E-state index in [1.165, 1.54) is 4.52 Å². The average molecular weight is 178 g/mol. The summed E-state index contributed by atoms with van der Waals surface area (Å²) in [5.74, 6) is -1.21. The van der Waals surface area contributed by atoms with Crippen molar-refractivity contribution in [2.45, 2.75) is 0 Å². The monoisotopic (exact) mass is 178 g/mol. The Bertz CT molecular complexity index is 523. The van der Waals surface area contributed by atoms with Gasteiger partial charge in [0.1, 0.15) is 0 Å². The van der Waals surface area contributed by atoms with E-state index in [9.17, 15) is 9.59 Å². The summed E-state index contributed by atoms with van der Waals surface area (Å²) in [5.41, 5.74) is -0.431. The van der Waals surface area contributed by atoms with Gasteiger partial charge in [-0.3, -0.25) is 14.4 Å². The van der Waals surface area contributed by atoms with Crippen LogP contribution >= 0.6 is 0 Å². The second-order valence-corrected chi connectivity index (χ2v) is 2.58. The Hall–Kier alpha value is -2.04. The van der Waals surface area contributed by atoms with Crippen molar-refractivity contribution in [1.82, 2.24) is 9.61 Å². The summed E-state index contributed by atoms with van der Waals surface area (Å²) in [6, 6.07) is 4.95. The van der Waals surface area contributed by atoms with Crippen LogP contribution in [0.25, 0.3) is 5.52 Å². The molecule has 2 heterocycles. The maximum atomic E-state index is 11.1. The molecule has 5 heteroatoms. The number of H-pyrrole nitrogens is 1. The van der Waals surface area contributed by atoms with Gasteiger partial charge in [0.05, 0.1) is 5.52 Å². The molecule has 2 rings (SSSR count). The molecule has 0 atom stereocenters. The number of nitrogens with one attached hydrogen (secondary N) is 1. The van der Waals surface area contributed by atoms with Gasteiger partial charge in [-0.15, -0.1) is 0 Å². The summed E-state index contributed by atoms with van der Waals surface area (Å²) in [4.78, 5) is 21.8. The molecule has 0 aliphatic carbocycles. The average Bonchev–Trinajstić information content (AvgIpc) is 2.39. The highest BCUT2D eigenvalue weighted by atomic mass is 16.4. The minimum atomic E-state index is -1.21. The van der Waals surface area contributed by atoms with Gasteiger partial charge in [-0.05, 0) is 12.1 Å². The van der Waals surface area contributed by atoms with Gasteiger partial charge in [-0.25, -0.2) is 4.79 Å². The Morgan fingerprint density at radius 3 is 2.92 bits per heavy atom. The van der Waals surface area contributed by atoms with Crippen LogP contribution < -0.4 is 5.56 Å². The SMILES string of the molecule is O=C(O)c1c(=O)[nH]n2ccccc12. The number of aromatic carboxylic acids is 1. The smallest absolute Gasteiger partial charge is 0.343 e. The van der Waals surface area contributed by atoms with Gasteiger partial charge in [0.15, 0.2) is 5.56 Å². The van der Waals surface area contributed by atoms with Gasteiger partial charge >= 0.3 is 5.97 Å². The molecule has 66 valence electrons. The van der Waals surface area contributed by atoms with Crippen LogP contribution in [0.2, 0.25) is 0 Å². The molecule has 0 spiro atoms. The third-order valence-corrected chi connectivity index (χ3v) is 1.78. The third kappa shape index (κ3) is 1.01. The molecular formula is C8H6N2O3. The molecule has 0 saturated heterocycles. The summed E-state index contributed by atoms with van der Waals surface area (Å²) in [5, 5.41) is 11.1. The van der Waals surface area contributed by atoms with Crippen molar-refractivity contribution >= 4 is 11.5 Å². The molecule has 13 heavy (non-hydrogen) atoms. The lowest BCUT2D eigenvalue weighted by Crippen LogP contribution is -2.11. The van der Waals surface area contributed by atoms with E-state index in [-0.39, 0.29) is 5.56 Å². The van der Waals surface area contributed by atoms with Crippen LogP contribution in [0.1, 0.15) is 10.4 Å². The van der Waals surface area contributed by atoms with E-state index in [1.807, 2.05) is 0 Å². The van der Waals surface area contributed by atoms with Crippen LogP contribution in [0.5, 0.6) is 0 Å². The highest BCUT2D eigenvalue weighted by Crippen LogP contribution is 2.04. The number of nitrogens with zero attached hydrogens (tertiary/aromatic N) is 1. The number of carbonyl (C=O) groups is 1. The number of hydrogen-bond acceptors (Lipinski definition) is 2. The molecule has 2 aromatic rings. The van der Waals surface area contributed by atoms with Gasteiger partial charge in [-0.1, -0.05) is 6.07 Å². The summed E-state index contributed by atoms with van der Waals surface area (Å²) in [7, 11) is 0. The van der Waals surface area contributed by atoms with Crippen LogP contribution in [-0.4, -0.2) is 20.7 Å². The molecule has 0 aliphatic rings. The molecule has 0 fully saturated rings. The minimum Gasteiger partial charge on any atom is -0.477 e. The molecule has 2 aromatic heterocycles. The Labute approximate surface area is 72.2 Å². The first kappa shape index (κ1) is 7.60. The Morgan fingerprint density at radius 2 is 2.23 bits per heavy atom. The van der Waals surface area contributed by atoms with Gasteiger partial charge < -0.3 is 5.11 Å². The molecule has 0 bridgehead atoms. The fourth-order valence-electron chi connectivity index (χ4n) is 1.23. The number of carboxylic acids is 1. The first-order valence-electron chi connectivity index (χ1n) is 3.63. The highest BCUT2D eigenvalue weighted by molar-refractivity contribution is 5.95. The lowest BCUT2D eigenvalue weighted by molar-refractivity contribution is 0.0697. The van der Waals surface area contributed by atoms with E-state index >= 15 is 0 Å². The molecular weight excluding hydrogens is 172 g/mol. The Kier molecular flexibility index (Phi) is 1.45. The highest BCUT2D eigenvalue weighted by Gasteiger charge is 2.14. The second kappa shape index (κ2) is 2.48. The Balaban J connectivity index is 2.95. The van der Waals surface area contributed by atoms with Crippen LogP contribution in [0.15, 0.2) is 29.2 Å². The number of fused-ring (bicyclic) bond motifs is 1. The molecule has 0 aromatic carbocycles. The zero-order valence-corrected chi connectivity index (χ0v) is 6.52. The largest absolute Gasteiger partial charge is 0.477 e. The van der Waals surface area contributed by atoms with Crippen molar-refractivity contribution in [3.8, 4) is 0 Å². The molecule has 5 nitrogen and oxygen atoms in total. The van der Waals surface area contributed by atoms with Crippen molar-refractivity contribution in [3.05, 3.63) is 40.3 Å². The van der Waals surface area contributed by atoms with E-state index in [4.69, 9.17) is 5.11 Å². The van der Waals surface area contributed by atoms with E-state index in [0.717, 1.165) is 0 Å². The van der Waals surface area contributed by atoms with Crippen LogP contribution in [0, 0.1) is 0 Å². The topological polar surface area (TPSA) is 74.6 Å². The van der Waals surface area contributed by atoms with Gasteiger partial charge in [0.2, 0.25) is 0 Å². The lowest BCUT2D eigenvalue weighted by atomic mass is 10.2. The second-order valence-electron chi connectivity index (χ2n) is 2.58. The first-order valence-corrected chi connectivity index (χ1v) is 3.63. The zero-order chi connectivity index (χ0) is 9.42. The summed E-state index contributed by atoms with van der Waals surface area (Å²) in [6.07, 6.45) is 1.59. The summed E-state index contributed by atoms with van der Waals surface area (Å²) >= 11 is 0. The van der Waals surface area contributed by atoms with Crippen molar-refractivity contribution in [1.29, 1.82) is 0 Å². The molecule has 0 aliphatic heterocycles. The van der Waals surface area contributed by atoms with Gasteiger partial charge in [0, 0.05) is 6.20 Å². The predicted octanol–water partition coefficient (Wildman–Crippen LogP) is 0.326. The molecule has 0 saturated carbocycles. The number of aromatic amines is 1. The van der Waals surface area contributed by atoms with Crippen molar-refractivity contribution in [2.75, 3.05) is 0 Å². The number of pyridine rings is 1. The summed E-state index contributed by atoms with van der Waals surface area (Å²) in [6.45, 7) is 0. The minimum absolute atomic E-state index is 0.222. The number of aromatic nitrogens is 2. The molecule has 0 amide bonds. The maximum Gasteiger partial charge on any atom is 0.343 e. The van der Waals surface area contributed by atoms with Crippen molar-refractivity contribution in [3.63, 3.8) is 0 Å². The van der Waals surface area contributed by atoms with E-state index in [2.05, 4.69) is 5.10 Å². The number of rotatable bonds is 1. The van der Waals surface area contributed by atoms with Gasteiger partial charge in [0.25, 0.3) is 5.56 Å². The summed E-state index contributed by atoms with van der Waals surface area (Å²) < 4.78 is 1.38. The maximum absolute atomic E-state index is 11.1. The fraction of sp³-hybridized carbons (Fsp3) is 0. The van der Waals surface area contributed by atoms with E-state index in [0.29, 0.717) is 5.52 Å². The van der Waals surface area contributed by atoms with Crippen LogP contribution in [0.3, 0.4) is 0 Å². The van der Waals surface area contributed by atoms with E-state index < -0.39 is 11.5 Å². The fourth-order valence-corrected chi connectivity index (χ4v) is 1.23. The molecule has 0 unspecified atom stereocenters. The Morgan fingerprint density at radius 1 is 1.46 bits per heavy atom. The quantitative estimate of drug-likeness (QED) is 0.660. The zero-order valence-electron chi connectivity index (χ0n) is 6.52. The third-order valence-electron chi connectivity index (χ3n) is 1.78.